The molecule has 3 atom stereocenters. The van der Waals surface area contributed by atoms with Crippen molar-refractivity contribution in [1.82, 2.24) is 5.32 Å². The predicted molar refractivity (Wildman–Crippen MR) is 137 cm³/mol. The van der Waals surface area contributed by atoms with Crippen molar-refractivity contribution in [1.29, 1.82) is 0 Å². The molecule has 1 amide bonds. The van der Waals surface area contributed by atoms with Gasteiger partial charge in [-0.1, -0.05) is 49.2 Å². The maximum atomic E-state index is 13.3. The van der Waals surface area contributed by atoms with Crippen molar-refractivity contribution in [3.05, 3.63) is 63.1 Å². The zero-order valence-corrected chi connectivity index (χ0v) is 22.2. The molecule has 3 N–H and O–H groups in total. The van der Waals surface area contributed by atoms with Crippen LogP contribution in [-0.2, 0) is 32.0 Å². The average molecular weight is 536 g/mol. The molecule has 9 heteroatoms. The number of carbonyl (C=O) groups is 3. The van der Waals surface area contributed by atoms with Gasteiger partial charge in [0.15, 0.2) is 0 Å². The number of hydrogen-bond donors (Lipinski definition) is 3. The summed E-state index contributed by atoms with van der Waals surface area (Å²) in [5.41, 5.74) is 0.169. The Bertz CT molecular complexity index is 1160. The van der Waals surface area contributed by atoms with Crippen LogP contribution in [0.4, 0.5) is 0 Å². The first-order chi connectivity index (χ1) is 16.8. The topological polar surface area (TPSA) is 113 Å². The van der Waals surface area contributed by atoms with Crippen molar-refractivity contribution in [2.75, 3.05) is 7.11 Å². The van der Waals surface area contributed by atoms with E-state index in [1.54, 1.807) is 51.1 Å². The van der Waals surface area contributed by atoms with Gasteiger partial charge in [-0.25, -0.2) is 4.79 Å². The summed E-state index contributed by atoms with van der Waals surface area (Å²) in [5, 5.41) is 23.6. The molecule has 0 radical (unpaired) electrons. The van der Waals surface area contributed by atoms with Gasteiger partial charge in [-0.2, -0.15) is 0 Å². The molecule has 2 unspecified atom stereocenters. The number of esters is 1. The molecule has 36 heavy (non-hydrogen) atoms. The zero-order chi connectivity index (χ0) is 26.8. The number of benzene rings is 2. The highest BCUT2D eigenvalue weighted by atomic mass is 35.5. The summed E-state index contributed by atoms with van der Waals surface area (Å²) in [5.74, 6) is -2.52. The Labute approximate surface area is 220 Å². The number of methoxy groups -OCH3 is 1. The fraction of sp³-hybridized carbons (Fsp3) is 0.444. The van der Waals surface area contributed by atoms with Crippen LogP contribution in [-0.4, -0.2) is 41.2 Å². The Kier molecular flexibility index (Phi) is 8.26. The third kappa shape index (κ3) is 5.32. The fourth-order valence-corrected chi connectivity index (χ4v) is 5.57. The lowest BCUT2D eigenvalue weighted by Crippen LogP contribution is -2.50. The largest absolute Gasteiger partial charge is 0.508 e. The number of phenols is 1. The van der Waals surface area contributed by atoms with Crippen molar-refractivity contribution in [2.24, 2.45) is 16.7 Å². The molecule has 7 nitrogen and oxygen atoms in total. The van der Waals surface area contributed by atoms with Crippen LogP contribution in [0, 0.1) is 16.7 Å². The number of nitrogens with one attached hydrogen (secondary N) is 1. The molecule has 2 aromatic carbocycles. The van der Waals surface area contributed by atoms with E-state index in [2.05, 4.69) is 5.32 Å². The molecule has 0 heterocycles. The van der Waals surface area contributed by atoms with Gasteiger partial charge < -0.3 is 20.3 Å². The number of carboxylic acid groups (broad SMARTS) is 1. The second-order valence-electron chi connectivity index (χ2n) is 10.1. The van der Waals surface area contributed by atoms with Gasteiger partial charge in [-0.15, -0.1) is 0 Å². The van der Waals surface area contributed by atoms with E-state index in [0.29, 0.717) is 46.0 Å². The second-order valence-corrected chi connectivity index (χ2v) is 10.9. The van der Waals surface area contributed by atoms with Crippen LogP contribution in [0.5, 0.6) is 5.75 Å². The molecule has 3 rings (SSSR count). The minimum atomic E-state index is -1.06. The van der Waals surface area contributed by atoms with Crippen LogP contribution in [0.15, 0.2) is 36.4 Å². The second kappa shape index (κ2) is 10.7. The Balaban J connectivity index is 1.88. The van der Waals surface area contributed by atoms with Crippen molar-refractivity contribution < 1.29 is 29.3 Å². The fourth-order valence-electron chi connectivity index (χ4n) is 5.04. The van der Waals surface area contributed by atoms with Crippen molar-refractivity contribution in [2.45, 2.75) is 52.5 Å². The summed E-state index contributed by atoms with van der Waals surface area (Å²) in [6, 6.07) is 8.91. The highest BCUT2D eigenvalue weighted by molar-refractivity contribution is 6.36. The molecular formula is C27H31Cl2NO6. The molecular weight excluding hydrogens is 505 g/mol. The van der Waals surface area contributed by atoms with Gasteiger partial charge in [0.25, 0.3) is 0 Å². The van der Waals surface area contributed by atoms with E-state index in [1.165, 1.54) is 13.2 Å². The number of halogens is 2. The lowest BCUT2D eigenvalue weighted by atomic mass is 9.65. The molecule has 2 aromatic rings. The molecule has 0 spiro atoms. The zero-order valence-electron chi connectivity index (χ0n) is 20.7. The SMILES string of the molecule is COC(=O)[C@H](Cc1ccc(O)cc1Cc1c(Cl)cccc1Cl)NC(=O)C1CCC(C)(C(=O)O)C1(C)C. The monoisotopic (exact) mass is 535 g/mol. The highest BCUT2D eigenvalue weighted by Gasteiger charge is 2.58. The molecule has 0 aliphatic heterocycles. The Hall–Kier alpha value is -2.77. The molecule has 194 valence electrons. The van der Waals surface area contributed by atoms with Crippen LogP contribution in [0.1, 0.15) is 50.3 Å². The first-order valence-electron chi connectivity index (χ1n) is 11.7. The summed E-state index contributed by atoms with van der Waals surface area (Å²) in [4.78, 5) is 38.0. The molecule has 0 bridgehead atoms. The van der Waals surface area contributed by atoms with Crippen LogP contribution < -0.4 is 5.32 Å². The summed E-state index contributed by atoms with van der Waals surface area (Å²) in [7, 11) is 1.24. The average Bonchev–Trinajstić information content (AvgIpc) is 3.06. The number of amides is 1. The van der Waals surface area contributed by atoms with E-state index >= 15 is 0 Å². The summed E-state index contributed by atoms with van der Waals surface area (Å²) < 4.78 is 4.96. The lowest BCUT2D eigenvalue weighted by molar-refractivity contribution is -0.156. The van der Waals surface area contributed by atoms with Crippen LogP contribution in [0.3, 0.4) is 0 Å². The van der Waals surface area contributed by atoms with E-state index in [-0.39, 0.29) is 12.2 Å². The number of rotatable bonds is 8. The van der Waals surface area contributed by atoms with Gasteiger partial charge in [0, 0.05) is 28.8 Å². The first-order valence-corrected chi connectivity index (χ1v) is 12.4. The number of aliphatic carboxylic acids is 1. The van der Waals surface area contributed by atoms with Crippen molar-refractivity contribution >= 4 is 41.0 Å². The van der Waals surface area contributed by atoms with Gasteiger partial charge in [-0.3, -0.25) is 9.59 Å². The smallest absolute Gasteiger partial charge is 0.328 e. The third-order valence-corrected chi connectivity index (χ3v) is 8.57. The number of phenolic OH excluding ortho intramolecular Hbond substituents is 1. The summed E-state index contributed by atoms with van der Waals surface area (Å²) in [6.45, 7) is 5.21. The molecule has 0 saturated heterocycles. The van der Waals surface area contributed by atoms with Crippen LogP contribution in [0.2, 0.25) is 10.0 Å². The van der Waals surface area contributed by atoms with Gasteiger partial charge in [0.05, 0.1) is 12.5 Å². The van der Waals surface area contributed by atoms with Gasteiger partial charge in [0.1, 0.15) is 11.8 Å². The minimum absolute atomic E-state index is 0.0382. The van der Waals surface area contributed by atoms with E-state index < -0.39 is 40.6 Å². The van der Waals surface area contributed by atoms with Gasteiger partial charge in [0.2, 0.25) is 5.91 Å². The highest BCUT2D eigenvalue weighted by Crippen LogP contribution is 2.56. The molecule has 1 aliphatic rings. The van der Waals surface area contributed by atoms with Crippen LogP contribution >= 0.6 is 23.2 Å². The summed E-state index contributed by atoms with van der Waals surface area (Å²) >= 11 is 12.7. The van der Waals surface area contributed by atoms with E-state index in [1.807, 2.05) is 0 Å². The van der Waals surface area contributed by atoms with E-state index in [0.717, 1.165) is 0 Å². The number of carbonyl (C=O) groups excluding carboxylic acids is 2. The quantitative estimate of drug-likeness (QED) is 0.409. The Morgan fingerprint density at radius 2 is 1.75 bits per heavy atom. The molecule has 1 saturated carbocycles. The maximum absolute atomic E-state index is 13.3. The predicted octanol–water partition coefficient (Wildman–Crippen LogP) is 5.02. The molecule has 1 fully saturated rings. The number of carboxylic acids is 1. The first kappa shape index (κ1) is 27.8. The van der Waals surface area contributed by atoms with E-state index in [9.17, 15) is 24.6 Å². The van der Waals surface area contributed by atoms with Crippen molar-refractivity contribution in [3.63, 3.8) is 0 Å². The number of ether oxygens (including phenoxy) is 1. The number of hydrogen-bond acceptors (Lipinski definition) is 5. The minimum Gasteiger partial charge on any atom is -0.508 e. The Morgan fingerprint density at radius 1 is 1.11 bits per heavy atom. The van der Waals surface area contributed by atoms with Gasteiger partial charge in [-0.05, 0) is 66.1 Å². The van der Waals surface area contributed by atoms with E-state index in [4.69, 9.17) is 27.9 Å². The molecule has 0 aromatic heterocycles. The van der Waals surface area contributed by atoms with Crippen molar-refractivity contribution in [3.8, 4) is 5.75 Å². The maximum Gasteiger partial charge on any atom is 0.328 e. The van der Waals surface area contributed by atoms with Crippen LogP contribution in [0.25, 0.3) is 0 Å². The standard InChI is InChI=1S/C27H31Cl2NO6/c1-26(2)19(10-11-27(26,3)25(34)35)23(32)30-22(24(33)36-4)14-15-8-9-17(31)12-16(15)13-18-20(28)6-5-7-21(18)29/h5-9,12,19,22,31H,10-11,13-14H2,1-4H3,(H,30,32)(H,34,35)/t19?,22-,27?/m0/s1. The molecule has 1 aliphatic carbocycles. The lowest BCUT2D eigenvalue weighted by Gasteiger charge is -2.38. The van der Waals surface area contributed by atoms with Gasteiger partial charge >= 0.3 is 11.9 Å². The summed E-state index contributed by atoms with van der Waals surface area (Å²) in [6.07, 6.45) is 1.15. The Morgan fingerprint density at radius 3 is 2.31 bits per heavy atom. The third-order valence-electron chi connectivity index (χ3n) is 7.86. The number of aromatic hydroxyl groups is 1. The normalized spacial score (nSPS) is 21.6.